The average Bonchev–Trinajstić information content (AvgIpc) is 2.75. The Kier molecular flexibility index (Phi) is 2.80. The smallest absolute Gasteiger partial charge is 0.199 e. The first kappa shape index (κ1) is 10.5. The lowest BCUT2D eigenvalue weighted by Gasteiger charge is -2.07. The zero-order valence-electron chi connectivity index (χ0n) is 8.52. The van der Waals surface area contributed by atoms with Crippen molar-refractivity contribution in [3.05, 3.63) is 41.7 Å². The summed E-state index contributed by atoms with van der Waals surface area (Å²) in [6.07, 6.45) is 2.97. The van der Waals surface area contributed by atoms with E-state index >= 15 is 0 Å². The van der Waals surface area contributed by atoms with Gasteiger partial charge in [-0.05, 0) is 6.92 Å². The highest BCUT2D eigenvalue weighted by atomic mass is 19.1. The van der Waals surface area contributed by atoms with E-state index in [0.29, 0.717) is 0 Å². The molecular weight excluding hydrogens is 216 g/mol. The van der Waals surface area contributed by atoms with Crippen LogP contribution in [0.15, 0.2) is 24.5 Å². The van der Waals surface area contributed by atoms with Crippen molar-refractivity contribution in [3.63, 3.8) is 0 Å². The molecular formula is C10H9F2N3O. The van der Waals surface area contributed by atoms with Crippen LogP contribution in [0.5, 0.6) is 5.75 Å². The van der Waals surface area contributed by atoms with Gasteiger partial charge in [0.25, 0.3) is 0 Å². The van der Waals surface area contributed by atoms with E-state index in [1.165, 1.54) is 24.1 Å². The average molecular weight is 225 g/mol. The van der Waals surface area contributed by atoms with Crippen molar-refractivity contribution in [2.75, 3.05) is 0 Å². The van der Waals surface area contributed by atoms with Crippen molar-refractivity contribution >= 4 is 0 Å². The lowest BCUT2D eigenvalue weighted by Crippen LogP contribution is -2.08. The molecule has 0 radical (unpaired) electrons. The van der Waals surface area contributed by atoms with Gasteiger partial charge < -0.3 is 4.74 Å². The van der Waals surface area contributed by atoms with Crippen LogP contribution in [0, 0.1) is 18.6 Å². The molecule has 84 valence electrons. The maximum Gasteiger partial charge on any atom is 0.199 e. The highest BCUT2D eigenvalue weighted by Crippen LogP contribution is 2.19. The van der Waals surface area contributed by atoms with Crippen molar-refractivity contribution < 1.29 is 13.5 Å². The van der Waals surface area contributed by atoms with Crippen LogP contribution >= 0.6 is 0 Å². The molecule has 1 heterocycles. The largest absolute Gasteiger partial charge is 0.469 e. The highest BCUT2D eigenvalue weighted by molar-refractivity contribution is 5.29. The summed E-state index contributed by atoms with van der Waals surface area (Å²) in [7, 11) is 0. The Morgan fingerprint density at radius 3 is 2.31 bits per heavy atom. The van der Waals surface area contributed by atoms with Gasteiger partial charge in [0.05, 0.1) is 12.4 Å². The third kappa shape index (κ3) is 2.16. The number of aromatic nitrogens is 3. The lowest BCUT2D eigenvalue weighted by atomic mass is 10.2. The molecule has 0 atom stereocenters. The molecule has 0 bridgehead atoms. The van der Waals surface area contributed by atoms with Crippen molar-refractivity contribution in [2.24, 2.45) is 0 Å². The van der Waals surface area contributed by atoms with Crippen molar-refractivity contribution in [2.45, 2.75) is 13.7 Å². The van der Waals surface area contributed by atoms with E-state index in [0.717, 1.165) is 12.1 Å². The van der Waals surface area contributed by atoms with Gasteiger partial charge in [-0.1, -0.05) is 0 Å². The van der Waals surface area contributed by atoms with Crippen molar-refractivity contribution in [1.29, 1.82) is 0 Å². The van der Waals surface area contributed by atoms with E-state index in [2.05, 4.69) is 10.2 Å². The second kappa shape index (κ2) is 4.26. The van der Waals surface area contributed by atoms with Crippen LogP contribution in [-0.4, -0.2) is 15.0 Å². The fraction of sp³-hybridized carbons (Fsp3) is 0.200. The Morgan fingerprint density at radius 1 is 1.19 bits per heavy atom. The summed E-state index contributed by atoms with van der Waals surface area (Å²) in [5.41, 5.74) is -0.0236. The zero-order chi connectivity index (χ0) is 11.5. The molecule has 1 aromatic carbocycles. The van der Waals surface area contributed by atoms with Crippen LogP contribution in [0.3, 0.4) is 0 Å². The molecule has 0 fully saturated rings. The lowest BCUT2D eigenvalue weighted by molar-refractivity contribution is 0.201. The maximum atomic E-state index is 13.1. The molecule has 4 nitrogen and oxygen atoms in total. The normalized spacial score (nSPS) is 10.4. The highest BCUT2D eigenvalue weighted by Gasteiger charge is 2.07. The Hall–Kier alpha value is -1.98. The summed E-state index contributed by atoms with van der Waals surface area (Å²) >= 11 is 0. The summed E-state index contributed by atoms with van der Waals surface area (Å²) in [5, 5.41) is 7.57. The van der Waals surface area contributed by atoms with Crippen molar-refractivity contribution in [1.82, 2.24) is 15.0 Å². The van der Waals surface area contributed by atoms with Gasteiger partial charge in [0, 0.05) is 17.7 Å². The third-order valence-electron chi connectivity index (χ3n) is 2.07. The predicted octanol–water partition coefficient (Wildman–Crippen LogP) is 1.90. The Labute approximate surface area is 90.5 Å². The number of nitrogens with zero attached hydrogens (tertiary/aromatic N) is 3. The van der Waals surface area contributed by atoms with Gasteiger partial charge >= 0.3 is 0 Å². The van der Waals surface area contributed by atoms with Crippen LogP contribution in [0.2, 0.25) is 0 Å². The second-order valence-electron chi connectivity index (χ2n) is 3.19. The van der Waals surface area contributed by atoms with Gasteiger partial charge in [0.2, 0.25) is 0 Å². The topological polar surface area (TPSA) is 39.9 Å². The fourth-order valence-electron chi connectivity index (χ4n) is 1.15. The van der Waals surface area contributed by atoms with Crippen LogP contribution < -0.4 is 4.74 Å². The first-order valence-electron chi connectivity index (χ1n) is 4.59. The molecule has 2 aromatic rings. The van der Waals surface area contributed by atoms with Gasteiger partial charge in [-0.2, -0.15) is 10.2 Å². The molecule has 0 aliphatic carbocycles. The van der Waals surface area contributed by atoms with E-state index in [1.807, 2.05) is 0 Å². The minimum atomic E-state index is -0.636. The number of halogens is 2. The summed E-state index contributed by atoms with van der Waals surface area (Å²) in [4.78, 5) is 1.26. The number of benzene rings is 1. The summed E-state index contributed by atoms with van der Waals surface area (Å²) in [6, 6.07) is 2.25. The Balaban J connectivity index is 2.10. The van der Waals surface area contributed by atoms with E-state index in [4.69, 9.17) is 4.74 Å². The molecule has 0 unspecified atom stereocenters. The molecule has 0 saturated heterocycles. The predicted molar refractivity (Wildman–Crippen MR) is 51.7 cm³/mol. The maximum absolute atomic E-state index is 13.1. The van der Waals surface area contributed by atoms with Gasteiger partial charge in [-0.3, -0.25) is 0 Å². The second-order valence-corrected chi connectivity index (χ2v) is 3.19. The summed E-state index contributed by atoms with van der Waals surface area (Å²) in [5.74, 6) is -1.16. The Morgan fingerprint density at radius 2 is 1.75 bits per heavy atom. The first-order valence-corrected chi connectivity index (χ1v) is 4.59. The first-order chi connectivity index (χ1) is 7.66. The molecule has 2 rings (SSSR count). The molecule has 1 aromatic heterocycles. The molecule has 0 spiro atoms. The quantitative estimate of drug-likeness (QED) is 0.800. The number of hydrogen-bond donors (Lipinski definition) is 0. The van der Waals surface area contributed by atoms with Crippen molar-refractivity contribution in [3.8, 4) is 5.75 Å². The number of hydrogen-bond acceptors (Lipinski definition) is 3. The zero-order valence-corrected chi connectivity index (χ0v) is 8.52. The number of ether oxygens (including phenoxy) is 1. The van der Waals surface area contributed by atoms with Crippen LogP contribution in [0.25, 0.3) is 0 Å². The molecule has 0 aliphatic rings. The van der Waals surface area contributed by atoms with Gasteiger partial charge in [-0.25, -0.2) is 8.78 Å². The van der Waals surface area contributed by atoms with E-state index < -0.39 is 11.6 Å². The Bertz CT molecular complexity index is 462. The van der Waals surface area contributed by atoms with Crippen LogP contribution in [0.4, 0.5) is 8.78 Å². The van der Waals surface area contributed by atoms with E-state index in [-0.39, 0.29) is 18.0 Å². The molecule has 16 heavy (non-hydrogen) atoms. The van der Waals surface area contributed by atoms with E-state index in [9.17, 15) is 8.78 Å². The molecule has 0 amide bonds. The monoisotopic (exact) mass is 225 g/mol. The third-order valence-corrected chi connectivity index (χ3v) is 2.07. The van der Waals surface area contributed by atoms with Gasteiger partial charge in [0.1, 0.15) is 17.4 Å². The number of rotatable bonds is 3. The summed E-state index contributed by atoms with van der Waals surface area (Å²) in [6.45, 7) is 1.37. The molecule has 0 aliphatic heterocycles. The summed E-state index contributed by atoms with van der Waals surface area (Å²) < 4.78 is 31.4. The standard InChI is InChI=1S/C10H9F2N3O/c1-7-9(11)4-8(5-10(7)12)16-6-15-13-2-3-14-15/h2-5H,6H2,1H3. The minimum absolute atomic E-state index is 0.00887. The molecule has 6 heteroatoms. The van der Waals surface area contributed by atoms with Gasteiger partial charge in [0.15, 0.2) is 6.73 Å². The fourth-order valence-corrected chi connectivity index (χ4v) is 1.15. The van der Waals surface area contributed by atoms with E-state index in [1.54, 1.807) is 0 Å². The minimum Gasteiger partial charge on any atom is -0.469 e. The SMILES string of the molecule is Cc1c(F)cc(OCn2nccn2)cc1F. The molecule has 0 saturated carbocycles. The molecule has 0 N–H and O–H groups in total. The van der Waals surface area contributed by atoms with Crippen LogP contribution in [0.1, 0.15) is 5.56 Å². The van der Waals surface area contributed by atoms with Gasteiger partial charge in [-0.15, -0.1) is 4.80 Å². The van der Waals surface area contributed by atoms with Crippen LogP contribution in [-0.2, 0) is 6.73 Å².